The summed E-state index contributed by atoms with van der Waals surface area (Å²) in [6.07, 6.45) is 3.13. The maximum atomic E-state index is 12.8. The predicted octanol–water partition coefficient (Wildman–Crippen LogP) is 3.98. The van der Waals surface area contributed by atoms with Crippen LogP contribution in [0.25, 0.3) is 11.0 Å². The fourth-order valence-corrected chi connectivity index (χ4v) is 2.96. The number of para-hydroxylation sites is 1. The molecule has 9 heteroatoms. The SMILES string of the molecule is CNC(=O)CCCCC(=O)Nc1c(C(=O)Nc2ccc(Cl)cn2)oc2ccccc12. The quantitative estimate of drug-likeness (QED) is 0.469. The molecule has 0 radical (unpaired) electrons. The Bertz CT molecular complexity index is 1060. The highest BCUT2D eigenvalue weighted by molar-refractivity contribution is 6.30. The normalized spacial score (nSPS) is 10.6. The predicted molar refractivity (Wildman–Crippen MR) is 115 cm³/mol. The second-order valence-corrected chi connectivity index (χ2v) is 6.98. The molecule has 156 valence electrons. The third-order valence-electron chi connectivity index (χ3n) is 4.37. The monoisotopic (exact) mass is 428 g/mol. The number of unbranched alkanes of at least 4 members (excludes halogenated alkanes) is 1. The van der Waals surface area contributed by atoms with Gasteiger partial charge in [-0.05, 0) is 37.1 Å². The van der Waals surface area contributed by atoms with Crippen LogP contribution < -0.4 is 16.0 Å². The minimum atomic E-state index is -0.545. The zero-order chi connectivity index (χ0) is 21.5. The number of halogens is 1. The summed E-state index contributed by atoms with van der Waals surface area (Å²) in [6.45, 7) is 0. The van der Waals surface area contributed by atoms with Gasteiger partial charge in [0.1, 0.15) is 17.1 Å². The maximum Gasteiger partial charge on any atom is 0.294 e. The van der Waals surface area contributed by atoms with Gasteiger partial charge in [0.2, 0.25) is 17.6 Å². The first-order valence-electron chi connectivity index (χ1n) is 9.43. The van der Waals surface area contributed by atoms with Crippen molar-refractivity contribution in [2.45, 2.75) is 25.7 Å². The van der Waals surface area contributed by atoms with Crippen molar-refractivity contribution in [3.05, 3.63) is 53.4 Å². The van der Waals surface area contributed by atoms with E-state index in [0.717, 1.165) is 0 Å². The molecule has 0 unspecified atom stereocenters. The van der Waals surface area contributed by atoms with E-state index in [4.69, 9.17) is 16.0 Å². The van der Waals surface area contributed by atoms with Gasteiger partial charge in [-0.2, -0.15) is 0 Å². The molecule has 0 aliphatic heterocycles. The van der Waals surface area contributed by atoms with E-state index in [0.29, 0.717) is 46.8 Å². The highest BCUT2D eigenvalue weighted by atomic mass is 35.5. The molecule has 3 amide bonds. The second-order valence-electron chi connectivity index (χ2n) is 6.55. The third kappa shape index (κ3) is 5.36. The smallest absolute Gasteiger partial charge is 0.294 e. The van der Waals surface area contributed by atoms with Gasteiger partial charge in [0.25, 0.3) is 5.91 Å². The van der Waals surface area contributed by atoms with Crippen LogP contribution >= 0.6 is 11.6 Å². The minimum absolute atomic E-state index is 0.0216. The van der Waals surface area contributed by atoms with Crippen molar-refractivity contribution in [2.75, 3.05) is 17.7 Å². The van der Waals surface area contributed by atoms with Gasteiger partial charge in [-0.25, -0.2) is 4.98 Å². The molecule has 0 aliphatic rings. The Morgan fingerprint density at radius 3 is 2.43 bits per heavy atom. The van der Waals surface area contributed by atoms with Gasteiger partial charge >= 0.3 is 0 Å². The summed E-state index contributed by atoms with van der Waals surface area (Å²) >= 11 is 5.82. The molecular formula is C21H21ClN4O4. The fraction of sp³-hybridized carbons (Fsp3) is 0.238. The molecule has 0 fully saturated rings. The van der Waals surface area contributed by atoms with Crippen molar-refractivity contribution in [3.8, 4) is 0 Å². The van der Waals surface area contributed by atoms with Crippen LogP contribution in [-0.2, 0) is 9.59 Å². The highest BCUT2D eigenvalue weighted by Gasteiger charge is 2.22. The molecule has 2 aromatic heterocycles. The number of hydrogen-bond acceptors (Lipinski definition) is 5. The molecule has 3 aromatic rings. The van der Waals surface area contributed by atoms with E-state index in [1.54, 1.807) is 43.4 Å². The van der Waals surface area contributed by atoms with Crippen LogP contribution in [0.15, 0.2) is 47.0 Å². The summed E-state index contributed by atoms with van der Waals surface area (Å²) in [6, 6.07) is 10.2. The first-order chi connectivity index (χ1) is 14.5. The van der Waals surface area contributed by atoms with Crippen molar-refractivity contribution in [1.29, 1.82) is 0 Å². The summed E-state index contributed by atoms with van der Waals surface area (Å²) in [5.74, 6) is -0.595. The first kappa shape index (κ1) is 21.3. The Balaban J connectivity index is 1.74. The van der Waals surface area contributed by atoms with E-state index >= 15 is 0 Å². The van der Waals surface area contributed by atoms with Crippen LogP contribution in [0.2, 0.25) is 5.02 Å². The molecule has 0 saturated heterocycles. The Labute approximate surface area is 178 Å². The number of carbonyl (C=O) groups is 3. The van der Waals surface area contributed by atoms with Crippen LogP contribution in [0.3, 0.4) is 0 Å². The molecule has 2 heterocycles. The van der Waals surface area contributed by atoms with Crippen molar-refractivity contribution >= 4 is 51.8 Å². The molecule has 0 bridgehead atoms. The van der Waals surface area contributed by atoms with E-state index in [-0.39, 0.29) is 24.0 Å². The van der Waals surface area contributed by atoms with E-state index in [1.165, 1.54) is 6.20 Å². The van der Waals surface area contributed by atoms with Gasteiger partial charge in [-0.1, -0.05) is 23.7 Å². The minimum Gasteiger partial charge on any atom is -0.449 e. The van der Waals surface area contributed by atoms with Crippen LogP contribution in [0.5, 0.6) is 0 Å². The highest BCUT2D eigenvalue weighted by Crippen LogP contribution is 2.31. The number of amides is 3. The number of carbonyl (C=O) groups excluding carboxylic acids is 3. The molecule has 3 N–H and O–H groups in total. The van der Waals surface area contributed by atoms with Crippen molar-refractivity contribution in [1.82, 2.24) is 10.3 Å². The summed E-state index contributed by atoms with van der Waals surface area (Å²) in [7, 11) is 1.57. The lowest BCUT2D eigenvalue weighted by Crippen LogP contribution is -2.18. The van der Waals surface area contributed by atoms with Gasteiger partial charge in [0.15, 0.2) is 0 Å². The van der Waals surface area contributed by atoms with E-state index in [9.17, 15) is 14.4 Å². The standard InChI is InChI=1S/C21H21ClN4O4/c1-23-17(27)8-4-5-9-18(28)26-19-14-6-2-3-7-15(14)30-20(19)21(29)25-16-11-10-13(22)12-24-16/h2-3,6-7,10-12H,4-5,8-9H2,1H3,(H,23,27)(H,26,28)(H,24,25,29). The number of anilines is 2. The fourth-order valence-electron chi connectivity index (χ4n) is 2.85. The Hall–Kier alpha value is -3.39. The number of nitrogens with one attached hydrogen (secondary N) is 3. The number of nitrogens with zero attached hydrogens (tertiary/aromatic N) is 1. The average molecular weight is 429 g/mol. The summed E-state index contributed by atoms with van der Waals surface area (Å²) in [5.41, 5.74) is 0.773. The maximum absolute atomic E-state index is 12.8. The Morgan fingerprint density at radius 1 is 1.00 bits per heavy atom. The van der Waals surface area contributed by atoms with Crippen LogP contribution in [0, 0.1) is 0 Å². The van der Waals surface area contributed by atoms with Gasteiger partial charge in [-0.3, -0.25) is 14.4 Å². The Kier molecular flexibility index (Phi) is 7.03. The van der Waals surface area contributed by atoms with Crippen LogP contribution in [0.4, 0.5) is 11.5 Å². The molecule has 0 atom stereocenters. The summed E-state index contributed by atoms with van der Waals surface area (Å²) in [5, 5.41) is 9.01. The zero-order valence-corrected chi connectivity index (χ0v) is 17.1. The number of aromatic nitrogens is 1. The number of fused-ring (bicyclic) bond motifs is 1. The van der Waals surface area contributed by atoms with E-state index in [2.05, 4.69) is 20.9 Å². The lowest BCUT2D eigenvalue weighted by molar-refractivity contribution is -0.121. The Morgan fingerprint density at radius 2 is 1.73 bits per heavy atom. The van der Waals surface area contributed by atoms with Gasteiger partial charge in [0.05, 0.1) is 5.02 Å². The number of benzene rings is 1. The number of furan rings is 1. The number of pyridine rings is 1. The van der Waals surface area contributed by atoms with Gasteiger partial charge in [-0.15, -0.1) is 0 Å². The van der Waals surface area contributed by atoms with Crippen LogP contribution in [0.1, 0.15) is 36.2 Å². The van der Waals surface area contributed by atoms with Crippen molar-refractivity contribution in [2.24, 2.45) is 0 Å². The lowest BCUT2D eigenvalue weighted by atomic mass is 10.1. The van der Waals surface area contributed by atoms with E-state index < -0.39 is 5.91 Å². The summed E-state index contributed by atoms with van der Waals surface area (Å²) in [4.78, 5) is 40.5. The largest absolute Gasteiger partial charge is 0.449 e. The molecule has 3 rings (SSSR count). The second kappa shape index (κ2) is 9.89. The molecular weight excluding hydrogens is 408 g/mol. The molecule has 1 aromatic carbocycles. The number of hydrogen-bond donors (Lipinski definition) is 3. The molecule has 0 saturated carbocycles. The van der Waals surface area contributed by atoms with Crippen LogP contribution in [-0.4, -0.2) is 29.8 Å². The first-order valence-corrected chi connectivity index (χ1v) is 9.80. The molecule has 30 heavy (non-hydrogen) atoms. The number of rotatable bonds is 8. The average Bonchev–Trinajstić information content (AvgIpc) is 3.11. The molecule has 0 aliphatic carbocycles. The summed E-state index contributed by atoms with van der Waals surface area (Å²) < 4.78 is 5.70. The third-order valence-corrected chi connectivity index (χ3v) is 4.60. The van der Waals surface area contributed by atoms with Gasteiger partial charge < -0.3 is 20.4 Å². The van der Waals surface area contributed by atoms with Crippen molar-refractivity contribution in [3.63, 3.8) is 0 Å². The lowest BCUT2D eigenvalue weighted by Gasteiger charge is -2.07. The zero-order valence-electron chi connectivity index (χ0n) is 16.3. The van der Waals surface area contributed by atoms with E-state index in [1.807, 2.05) is 0 Å². The molecule has 0 spiro atoms. The van der Waals surface area contributed by atoms with Gasteiger partial charge in [0, 0.05) is 31.5 Å². The molecule has 8 nitrogen and oxygen atoms in total. The van der Waals surface area contributed by atoms with Crippen molar-refractivity contribution < 1.29 is 18.8 Å². The topological polar surface area (TPSA) is 113 Å².